The molecule has 0 radical (unpaired) electrons. The largest absolute Gasteiger partial charge is 0.481 e. The van der Waals surface area contributed by atoms with Gasteiger partial charge in [-0.05, 0) is 45.1 Å². The molecule has 0 aromatic heterocycles. The molecule has 3 nitrogen and oxygen atoms in total. The lowest BCUT2D eigenvalue weighted by atomic mass is 9.75. The second kappa shape index (κ2) is 5.17. The fraction of sp³-hybridized carbons (Fsp3) is 0.923. The van der Waals surface area contributed by atoms with Crippen molar-refractivity contribution >= 4 is 5.97 Å². The summed E-state index contributed by atoms with van der Waals surface area (Å²) in [6.07, 6.45) is 5.15. The van der Waals surface area contributed by atoms with E-state index < -0.39 is 5.97 Å². The summed E-state index contributed by atoms with van der Waals surface area (Å²) < 4.78 is 0. The molecule has 0 spiro atoms. The maximum absolute atomic E-state index is 10.7. The molecule has 1 aliphatic carbocycles. The number of nitrogens with zero attached hydrogens (tertiary/aromatic N) is 1. The van der Waals surface area contributed by atoms with Gasteiger partial charge in [0.1, 0.15) is 0 Å². The van der Waals surface area contributed by atoms with Crippen LogP contribution in [0.2, 0.25) is 0 Å². The minimum absolute atomic E-state index is 0.142. The number of carboxylic acid groups (broad SMARTS) is 1. The number of carboxylic acids is 1. The summed E-state index contributed by atoms with van der Waals surface area (Å²) in [6.45, 7) is 6.65. The number of hydrogen-bond acceptors (Lipinski definition) is 2. The molecule has 1 fully saturated rings. The molecule has 1 atom stereocenters. The molecule has 16 heavy (non-hydrogen) atoms. The van der Waals surface area contributed by atoms with Crippen molar-refractivity contribution < 1.29 is 9.90 Å². The molecule has 0 amide bonds. The minimum Gasteiger partial charge on any atom is -0.481 e. The molecule has 0 bridgehead atoms. The van der Waals surface area contributed by atoms with Gasteiger partial charge in [0.25, 0.3) is 0 Å². The Labute approximate surface area is 98.8 Å². The van der Waals surface area contributed by atoms with Gasteiger partial charge in [0.05, 0.1) is 6.42 Å². The van der Waals surface area contributed by atoms with E-state index >= 15 is 0 Å². The molecule has 1 unspecified atom stereocenters. The molecular formula is C13H25NO2. The Kier molecular flexibility index (Phi) is 4.36. The van der Waals surface area contributed by atoms with Crippen LogP contribution in [0.15, 0.2) is 0 Å². The standard InChI is InChI=1S/C13H25NO2/c1-10(9-12(15)16)14(4)11-5-7-13(2,3)8-6-11/h10-11H,5-9H2,1-4H3,(H,15,16). The van der Waals surface area contributed by atoms with Crippen LogP contribution in [0.4, 0.5) is 0 Å². The zero-order valence-electron chi connectivity index (χ0n) is 11.0. The van der Waals surface area contributed by atoms with E-state index in [1.165, 1.54) is 25.7 Å². The van der Waals surface area contributed by atoms with E-state index in [-0.39, 0.29) is 12.5 Å². The first-order valence-corrected chi connectivity index (χ1v) is 6.25. The molecule has 0 aromatic carbocycles. The van der Waals surface area contributed by atoms with Gasteiger partial charge in [-0.15, -0.1) is 0 Å². The third-order valence-corrected chi connectivity index (χ3v) is 4.05. The van der Waals surface area contributed by atoms with Crippen LogP contribution in [0.1, 0.15) is 52.9 Å². The van der Waals surface area contributed by atoms with Crippen LogP contribution in [-0.4, -0.2) is 35.1 Å². The number of carbonyl (C=O) groups is 1. The normalized spacial score (nSPS) is 23.3. The van der Waals surface area contributed by atoms with Crippen molar-refractivity contribution in [3.63, 3.8) is 0 Å². The highest BCUT2D eigenvalue weighted by molar-refractivity contribution is 5.67. The lowest BCUT2D eigenvalue weighted by Crippen LogP contribution is -2.42. The van der Waals surface area contributed by atoms with Crippen molar-refractivity contribution in [2.75, 3.05) is 7.05 Å². The molecule has 0 saturated heterocycles. The van der Waals surface area contributed by atoms with Gasteiger partial charge in [-0.25, -0.2) is 0 Å². The van der Waals surface area contributed by atoms with Crippen molar-refractivity contribution in [1.29, 1.82) is 0 Å². The van der Waals surface area contributed by atoms with Gasteiger partial charge in [0, 0.05) is 12.1 Å². The van der Waals surface area contributed by atoms with Crippen LogP contribution < -0.4 is 0 Å². The molecule has 0 heterocycles. The van der Waals surface area contributed by atoms with E-state index in [2.05, 4.69) is 25.8 Å². The fourth-order valence-electron chi connectivity index (χ4n) is 2.55. The summed E-state index contributed by atoms with van der Waals surface area (Å²) in [5.74, 6) is -0.699. The highest BCUT2D eigenvalue weighted by atomic mass is 16.4. The van der Waals surface area contributed by atoms with Gasteiger partial charge in [0.15, 0.2) is 0 Å². The average molecular weight is 227 g/mol. The highest BCUT2D eigenvalue weighted by Crippen LogP contribution is 2.37. The van der Waals surface area contributed by atoms with Gasteiger partial charge in [-0.1, -0.05) is 13.8 Å². The Morgan fingerprint density at radius 2 is 1.94 bits per heavy atom. The first-order chi connectivity index (χ1) is 7.32. The molecule has 1 rings (SSSR count). The fourth-order valence-corrected chi connectivity index (χ4v) is 2.55. The second-order valence-corrected chi connectivity index (χ2v) is 6.01. The Morgan fingerprint density at radius 1 is 1.44 bits per heavy atom. The Morgan fingerprint density at radius 3 is 2.38 bits per heavy atom. The summed E-state index contributed by atoms with van der Waals surface area (Å²) in [5, 5.41) is 8.79. The van der Waals surface area contributed by atoms with Gasteiger partial charge in [-0.3, -0.25) is 4.79 Å². The van der Waals surface area contributed by atoms with E-state index in [1.54, 1.807) is 0 Å². The zero-order chi connectivity index (χ0) is 12.3. The number of rotatable bonds is 4. The smallest absolute Gasteiger partial charge is 0.304 e. The van der Waals surface area contributed by atoms with Crippen LogP contribution >= 0.6 is 0 Å². The monoisotopic (exact) mass is 227 g/mol. The third kappa shape index (κ3) is 3.78. The molecule has 1 aliphatic rings. The molecule has 3 heteroatoms. The lowest BCUT2D eigenvalue weighted by molar-refractivity contribution is -0.138. The van der Waals surface area contributed by atoms with Crippen LogP contribution in [0.5, 0.6) is 0 Å². The van der Waals surface area contributed by atoms with Crippen LogP contribution in [0, 0.1) is 5.41 Å². The van der Waals surface area contributed by atoms with Gasteiger partial charge >= 0.3 is 5.97 Å². The molecule has 1 saturated carbocycles. The van der Waals surface area contributed by atoms with Crippen LogP contribution in [0.3, 0.4) is 0 Å². The Balaban J connectivity index is 2.43. The quantitative estimate of drug-likeness (QED) is 0.803. The Hall–Kier alpha value is -0.570. The van der Waals surface area contributed by atoms with Crippen molar-refractivity contribution in [3.05, 3.63) is 0 Å². The minimum atomic E-state index is -0.699. The summed E-state index contributed by atoms with van der Waals surface area (Å²) in [6, 6.07) is 0.714. The van der Waals surface area contributed by atoms with Gasteiger partial charge in [0.2, 0.25) is 0 Å². The molecule has 94 valence electrons. The van der Waals surface area contributed by atoms with Gasteiger partial charge in [-0.2, -0.15) is 0 Å². The maximum atomic E-state index is 10.7. The first-order valence-electron chi connectivity index (χ1n) is 6.25. The van der Waals surface area contributed by atoms with Crippen molar-refractivity contribution in [1.82, 2.24) is 4.90 Å². The van der Waals surface area contributed by atoms with Gasteiger partial charge < -0.3 is 10.0 Å². The summed E-state index contributed by atoms with van der Waals surface area (Å²) in [4.78, 5) is 12.9. The zero-order valence-corrected chi connectivity index (χ0v) is 11.0. The van der Waals surface area contributed by atoms with Crippen molar-refractivity contribution in [2.24, 2.45) is 5.41 Å². The summed E-state index contributed by atoms with van der Waals surface area (Å²) in [5.41, 5.74) is 0.480. The maximum Gasteiger partial charge on any atom is 0.304 e. The van der Waals surface area contributed by atoms with E-state index in [0.717, 1.165) is 0 Å². The first kappa shape index (κ1) is 13.5. The predicted octanol–water partition coefficient (Wildman–Crippen LogP) is 2.75. The van der Waals surface area contributed by atoms with E-state index in [9.17, 15) is 4.79 Å². The third-order valence-electron chi connectivity index (χ3n) is 4.05. The Bertz CT molecular complexity index is 240. The van der Waals surface area contributed by atoms with Crippen LogP contribution in [-0.2, 0) is 4.79 Å². The number of hydrogen-bond donors (Lipinski definition) is 1. The topological polar surface area (TPSA) is 40.5 Å². The highest BCUT2D eigenvalue weighted by Gasteiger charge is 2.30. The van der Waals surface area contributed by atoms with E-state index in [0.29, 0.717) is 11.5 Å². The SMILES string of the molecule is CC(CC(=O)O)N(C)C1CCC(C)(C)CC1. The molecular weight excluding hydrogens is 202 g/mol. The van der Waals surface area contributed by atoms with Crippen molar-refractivity contribution in [2.45, 2.75) is 65.0 Å². The predicted molar refractivity (Wildman–Crippen MR) is 65.5 cm³/mol. The summed E-state index contributed by atoms with van der Waals surface area (Å²) >= 11 is 0. The second-order valence-electron chi connectivity index (χ2n) is 6.01. The average Bonchev–Trinajstić information content (AvgIpc) is 2.15. The molecule has 0 aromatic rings. The molecule has 1 N–H and O–H groups in total. The number of aliphatic carboxylic acids is 1. The van der Waals surface area contributed by atoms with E-state index in [4.69, 9.17) is 5.11 Å². The van der Waals surface area contributed by atoms with Crippen molar-refractivity contribution in [3.8, 4) is 0 Å². The molecule has 0 aliphatic heterocycles. The lowest BCUT2D eigenvalue weighted by Gasteiger charge is -2.40. The van der Waals surface area contributed by atoms with Crippen LogP contribution in [0.25, 0.3) is 0 Å². The van der Waals surface area contributed by atoms with E-state index in [1.807, 2.05) is 6.92 Å². The summed E-state index contributed by atoms with van der Waals surface area (Å²) in [7, 11) is 2.07.